The van der Waals surface area contributed by atoms with Crippen molar-refractivity contribution in [2.45, 2.75) is 19.6 Å². The van der Waals surface area contributed by atoms with E-state index in [9.17, 15) is 18.0 Å². The van der Waals surface area contributed by atoms with Gasteiger partial charge in [-0.2, -0.15) is 23.4 Å². The van der Waals surface area contributed by atoms with Crippen molar-refractivity contribution in [1.82, 2.24) is 24.4 Å². The highest BCUT2D eigenvalue weighted by Gasteiger charge is 2.36. The normalized spacial score (nSPS) is 11.9. The van der Waals surface area contributed by atoms with Crippen LogP contribution < -0.4 is 5.32 Å². The second kappa shape index (κ2) is 8.24. The smallest absolute Gasteiger partial charge is 0.318 e. The number of hydrogen-bond acceptors (Lipinski definition) is 4. The summed E-state index contributed by atoms with van der Waals surface area (Å²) in [7, 11) is 0. The number of nitrogens with zero attached hydrogens (tertiary/aromatic N) is 5. The van der Waals surface area contributed by atoms with E-state index < -0.39 is 17.8 Å². The first kappa shape index (κ1) is 22.1. The largest absolute Gasteiger partial charge is 0.433 e. The summed E-state index contributed by atoms with van der Waals surface area (Å²) in [5.74, 6) is -0.687. The number of amides is 1. The van der Waals surface area contributed by atoms with E-state index >= 15 is 0 Å². The van der Waals surface area contributed by atoms with Crippen LogP contribution in [0.5, 0.6) is 0 Å². The van der Waals surface area contributed by atoms with Crippen molar-refractivity contribution in [3.05, 3.63) is 88.0 Å². The van der Waals surface area contributed by atoms with Crippen LogP contribution in [0.3, 0.4) is 0 Å². The van der Waals surface area contributed by atoms with Gasteiger partial charge < -0.3 is 5.32 Å². The highest BCUT2D eigenvalue weighted by molar-refractivity contribution is 9.10. The monoisotopic (exact) mass is 528 g/mol. The number of carbonyl (C=O) groups excluding carboxylic acids is 1. The van der Waals surface area contributed by atoms with Crippen LogP contribution in [-0.2, 0) is 12.7 Å². The summed E-state index contributed by atoms with van der Waals surface area (Å²) in [6.07, 6.45) is -1.54. The summed E-state index contributed by atoms with van der Waals surface area (Å²) < 4.78 is 42.7. The number of hydrogen-bond donors (Lipinski definition) is 1. The third kappa shape index (κ3) is 4.03. The van der Waals surface area contributed by atoms with Crippen LogP contribution in [0.4, 0.5) is 18.9 Å². The van der Waals surface area contributed by atoms with Gasteiger partial charge in [-0.25, -0.2) is 9.50 Å². The SMILES string of the molecule is Cc1cc(C(F)(F)F)n2nc(C(=O)Nc3cnn(Cc4cccc5ccccc45)c3)c(Br)c2n1. The number of halogens is 4. The quantitative estimate of drug-likeness (QED) is 0.335. The molecule has 0 aliphatic heterocycles. The van der Waals surface area contributed by atoms with Crippen molar-refractivity contribution < 1.29 is 18.0 Å². The molecule has 0 saturated heterocycles. The maximum absolute atomic E-state index is 13.5. The molecule has 0 unspecified atom stereocenters. The first-order chi connectivity index (χ1) is 16.2. The molecule has 1 amide bonds. The minimum absolute atomic E-state index is 0.0716. The molecular weight excluding hydrogens is 513 g/mol. The Balaban J connectivity index is 1.41. The van der Waals surface area contributed by atoms with Crippen molar-refractivity contribution in [3.8, 4) is 0 Å². The minimum Gasteiger partial charge on any atom is -0.318 e. The van der Waals surface area contributed by atoms with Crippen molar-refractivity contribution >= 4 is 43.9 Å². The average Bonchev–Trinajstić information content (AvgIpc) is 3.37. The van der Waals surface area contributed by atoms with Gasteiger partial charge in [0.05, 0.1) is 22.9 Å². The molecule has 5 aromatic rings. The number of aryl methyl sites for hydroxylation is 1. The number of carbonyl (C=O) groups is 1. The Hall–Kier alpha value is -3.73. The fraction of sp³-hybridized carbons (Fsp3) is 0.130. The lowest BCUT2D eigenvalue weighted by atomic mass is 10.0. The number of anilines is 1. The zero-order chi connectivity index (χ0) is 24.0. The third-order valence-corrected chi connectivity index (χ3v) is 6.00. The molecule has 0 spiro atoms. The Morgan fingerprint density at radius 2 is 1.91 bits per heavy atom. The molecule has 0 radical (unpaired) electrons. The summed E-state index contributed by atoms with van der Waals surface area (Å²) in [5, 5.41) is 13.0. The molecule has 0 aliphatic carbocycles. The molecule has 2 aromatic carbocycles. The predicted molar refractivity (Wildman–Crippen MR) is 124 cm³/mol. The van der Waals surface area contributed by atoms with Gasteiger partial charge >= 0.3 is 6.18 Å². The van der Waals surface area contributed by atoms with E-state index in [-0.39, 0.29) is 21.5 Å². The Kier molecular flexibility index (Phi) is 5.35. The summed E-state index contributed by atoms with van der Waals surface area (Å²) in [4.78, 5) is 16.9. The second-order valence-electron chi connectivity index (χ2n) is 7.70. The summed E-state index contributed by atoms with van der Waals surface area (Å²) in [6, 6.07) is 14.9. The summed E-state index contributed by atoms with van der Waals surface area (Å²) in [5.41, 5.74) is 0.270. The fourth-order valence-corrected chi connectivity index (χ4v) is 4.29. The third-order valence-electron chi connectivity index (χ3n) is 5.27. The Morgan fingerprint density at radius 3 is 2.71 bits per heavy atom. The average molecular weight is 529 g/mol. The first-order valence-corrected chi connectivity index (χ1v) is 10.9. The summed E-state index contributed by atoms with van der Waals surface area (Å²) >= 11 is 3.18. The van der Waals surface area contributed by atoms with Crippen LogP contribution in [0, 0.1) is 6.92 Å². The van der Waals surface area contributed by atoms with Gasteiger partial charge in [0, 0.05) is 11.9 Å². The molecule has 3 aromatic heterocycles. The van der Waals surface area contributed by atoms with Crippen LogP contribution in [0.2, 0.25) is 0 Å². The molecule has 11 heteroatoms. The van der Waals surface area contributed by atoms with Crippen LogP contribution in [0.25, 0.3) is 16.4 Å². The molecule has 172 valence electrons. The lowest BCUT2D eigenvalue weighted by Gasteiger charge is -2.09. The Morgan fingerprint density at radius 1 is 1.15 bits per heavy atom. The van der Waals surface area contributed by atoms with E-state index in [2.05, 4.69) is 36.4 Å². The highest BCUT2D eigenvalue weighted by Crippen LogP contribution is 2.32. The molecule has 1 N–H and O–H groups in total. The molecular formula is C23H16BrF3N6O. The van der Waals surface area contributed by atoms with Crippen molar-refractivity contribution in [2.24, 2.45) is 0 Å². The fourth-order valence-electron chi connectivity index (χ4n) is 3.77. The molecule has 5 rings (SSSR count). The standard InChI is InChI=1S/C23H16BrF3N6O/c1-13-9-18(23(25,26)27)33-21(29-13)19(24)20(31-33)22(34)30-16-10-28-32(12-16)11-15-7-4-6-14-5-2-3-8-17(14)15/h2-10,12H,11H2,1H3,(H,30,34). The highest BCUT2D eigenvalue weighted by atomic mass is 79.9. The van der Waals surface area contributed by atoms with E-state index in [0.717, 1.165) is 22.4 Å². The zero-order valence-corrected chi connectivity index (χ0v) is 19.2. The molecule has 0 atom stereocenters. The van der Waals surface area contributed by atoms with E-state index in [1.807, 2.05) is 42.5 Å². The van der Waals surface area contributed by atoms with Gasteiger partial charge in [0.1, 0.15) is 5.69 Å². The second-order valence-corrected chi connectivity index (χ2v) is 8.49. The van der Waals surface area contributed by atoms with Gasteiger partial charge in [-0.05, 0) is 45.3 Å². The maximum Gasteiger partial charge on any atom is 0.433 e. The van der Waals surface area contributed by atoms with Crippen molar-refractivity contribution in [2.75, 3.05) is 5.32 Å². The molecule has 0 saturated carbocycles. The van der Waals surface area contributed by atoms with Crippen molar-refractivity contribution in [3.63, 3.8) is 0 Å². The topological polar surface area (TPSA) is 77.1 Å². The van der Waals surface area contributed by atoms with Crippen molar-refractivity contribution in [1.29, 1.82) is 0 Å². The van der Waals surface area contributed by atoms with Gasteiger partial charge in [0.2, 0.25) is 0 Å². The lowest BCUT2D eigenvalue weighted by Crippen LogP contribution is -2.15. The predicted octanol–water partition coefficient (Wildman–Crippen LogP) is 5.47. The molecule has 0 aliphatic rings. The number of nitrogens with one attached hydrogen (secondary N) is 1. The molecule has 3 heterocycles. The molecule has 0 fully saturated rings. The number of alkyl halides is 3. The van der Waals surface area contributed by atoms with Gasteiger partial charge in [0.15, 0.2) is 11.3 Å². The molecule has 34 heavy (non-hydrogen) atoms. The minimum atomic E-state index is -4.66. The van der Waals surface area contributed by atoms with E-state index in [4.69, 9.17) is 0 Å². The van der Waals surface area contributed by atoms with Crippen LogP contribution in [0.1, 0.15) is 27.4 Å². The van der Waals surface area contributed by atoms with Gasteiger partial charge in [-0.15, -0.1) is 0 Å². The molecule has 7 nitrogen and oxygen atoms in total. The van der Waals surface area contributed by atoms with Crippen LogP contribution in [0.15, 0.2) is 65.4 Å². The Bertz CT molecular complexity index is 1550. The zero-order valence-electron chi connectivity index (χ0n) is 17.6. The summed E-state index contributed by atoms with van der Waals surface area (Å²) in [6.45, 7) is 1.92. The van der Waals surface area contributed by atoms with Crippen LogP contribution in [-0.4, -0.2) is 30.3 Å². The number of benzene rings is 2. The van der Waals surface area contributed by atoms with Gasteiger partial charge in [-0.1, -0.05) is 42.5 Å². The van der Waals surface area contributed by atoms with Gasteiger partial charge in [0.25, 0.3) is 5.91 Å². The first-order valence-electron chi connectivity index (χ1n) is 10.1. The van der Waals surface area contributed by atoms with E-state index in [1.165, 1.54) is 13.1 Å². The number of fused-ring (bicyclic) bond motifs is 2. The van der Waals surface area contributed by atoms with E-state index in [0.29, 0.717) is 16.7 Å². The lowest BCUT2D eigenvalue weighted by molar-refractivity contribution is -0.142. The van der Waals surface area contributed by atoms with Gasteiger partial charge in [-0.3, -0.25) is 9.48 Å². The Labute approximate surface area is 199 Å². The van der Waals surface area contributed by atoms with E-state index in [1.54, 1.807) is 10.9 Å². The number of aromatic nitrogens is 5. The number of rotatable bonds is 4. The molecule has 0 bridgehead atoms. The maximum atomic E-state index is 13.5. The van der Waals surface area contributed by atoms with Crippen LogP contribution >= 0.6 is 15.9 Å².